The van der Waals surface area contributed by atoms with E-state index in [-0.39, 0.29) is 0 Å². The van der Waals surface area contributed by atoms with Crippen LogP contribution in [0.1, 0.15) is 27.2 Å². The highest BCUT2D eigenvalue weighted by Gasteiger charge is 2.53. The Morgan fingerprint density at radius 2 is 2.18 bits per heavy atom. The summed E-state index contributed by atoms with van der Waals surface area (Å²) in [4.78, 5) is 0. The molecule has 3 aliphatic carbocycles. The zero-order valence-electron chi connectivity index (χ0n) is 7.59. The van der Waals surface area contributed by atoms with Gasteiger partial charge in [0.2, 0.25) is 0 Å². The first-order valence-electron chi connectivity index (χ1n) is 4.50. The molecular weight excluding hydrogens is 134 g/mol. The summed E-state index contributed by atoms with van der Waals surface area (Å²) < 4.78 is 0. The molecular formula is C10H17N. The predicted octanol–water partition coefficient (Wildman–Crippen LogP) is 2.14. The molecule has 2 N–H and O–H groups in total. The summed E-state index contributed by atoms with van der Waals surface area (Å²) in [5.41, 5.74) is 7.57. The molecule has 1 saturated carbocycles. The maximum Gasteiger partial charge on any atom is 0.00799 e. The van der Waals surface area contributed by atoms with Crippen LogP contribution in [0.2, 0.25) is 0 Å². The van der Waals surface area contributed by atoms with Crippen molar-refractivity contribution in [3.63, 3.8) is 0 Å². The third-order valence-corrected chi connectivity index (χ3v) is 3.84. The van der Waals surface area contributed by atoms with E-state index in [4.69, 9.17) is 5.73 Å². The van der Waals surface area contributed by atoms with Crippen LogP contribution < -0.4 is 5.73 Å². The molecule has 0 radical (unpaired) electrons. The third kappa shape index (κ3) is 0.715. The summed E-state index contributed by atoms with van der Waals surface area (Å²) in [7, 11) is 0. The van der Waals surface area contributed by atoms with Crippen molar-refractivity contribution in [1.82, 2.24) is 0 Å². The Labute approximate surface area is 68.7 Å². The minimum atomic E-state index is 0.484. The van der Waals surface area contributed by atoms with Crippen LogP contribution in [0, 0.1) is 23.2 Å². The van der Waals surface area contributed by atoms with Crippen molar-refractivity contribution < 1.29 is 0 Å². The molecule has 11 heavy (non-hydrogen) atoms. The number of hydrogen-bond donors (Lipinski definition) is 1. The van der Waals surface area contributed by atoms with Gasteiger partial charge in [-0.05, 0) is 23.7 Å². The van der Waals surface area contributed by atoms with Crippen molar-refractivity contribution in [1.29, 1.82) is 0 Å². The lowest BCUT2D eigenvalue weighted by atomic mass is 9.47. The first kappa shape index (κ1) is 7.20. The Bertz CT molecular complexity index is 215. The first-order chi connectivity index (χ1) is 5.03. The number of rotatable bonds is 0. The molecule has 1 fully saturated rings. The van der Waals surface area contributed by atoms with Gasteiger partial charge in [-0.25, -0.2) is 0 Å². The van der Waals surface area contributed by atoms with E-state index in [0.29, 0.717) is 17.3 Å². The highest BCUT2D eigenvalue weighted by Crippen LogP contribution is 2.59. The first-order valence-corrected chi connectivity index (χ1v) is 4.50. The summed E-state index contributed by atoms with van der Waals surface area (Å²) >= 11 is 0. The molecule has 1 nitrogen and oxygen atoms in total. The molecule has 0 aromatic rings. The molecule has 0 spiro atoms. The Morgan fingerprint density at radius 1 is 1.55 bits per heavy atom. The second kappa shape index (κ2) is 1.82. The van der Waals surface area contributed by atoms with Crippen LogP contribution in [0.3, 0.4) is 0 Å². The normalized spacial score (nSPS) is 46.1. The van der Waals surface area contributed by atoms with Crippen LogP contribution in [0.5, 0.6) is 0 Å². The van der Waals surface area contributed by atoms with Gasteiger partial charge in [-0.1, -0.05) is 26.8 Å². The average molecular weight is 151 g/mol. The third-order valence-electron chi connectivity index (χ3n) is 3.84. The monoisotopic (exact) mass is 151 g/mol. The van der Waals surface area contributed by atoms with Gasteiger partial charge in [0, 0.05) is 11.6 Å². The van der Waals surface area contributed by atoms with Crippen LogP contribution in [0.25, 0.3) is 0 Å². The van der Waals surface area contributed by atoms with Gasteiger partial charge in [0.1, 0.15) is 0 Å². The Kier molecular flexibility index (Phi) is 1.19. The summed E-state index contributed by atoms with van der Waals surface area (Å²) in [6.07, 6.45) is 3.58. The minimum Gasteiger partial charge on any atom is -0.402 e. The fourth-order valence-electron chi connectivity index (χ4n) is 2.95. The van der Waals surface area contributed by atoms with Gasteiger partial charge in [0.05, 0.1) is 0 Å². The molecule has 3 rings (SSSR count). The lowest BCUT2D eigenvalue weighted by Gasteiger charge is -2.58. The average Bonchev–Trinajstić information content (AvgIpc) is 1.84. The Balaban J connectivity index is 2.34. The van der Waals surface area contributed by atoms with Crippen molar-refractivity contribution >= 4 is 0 Å². The summed E-state index contributed by atoms with van der Waals surface area (Å²) in [5, 5.41) is 0. The van der Waals surface area contributed by atoms with E-state index < -0.39 is 0 Å². The summed E-state index contributed by atoms with van der Waals surface area (Å²) in [6, 6.07) is 0. The molecule has 0 aliphatic heterocycles. The summed E-state index contributed by atoms with van der Waals surface area (Å²) in [5.74, 6) is 2.28. The van der Waals surface area contributed by atoms with Gasteiger partial charge in [-0.3, -0.25) is 0 Å². The van der Waals surface area contributed by atoms with E-state index in [2.05, 4.69) is 26.8 Å². The SMILES string of the molecule is C[C@H]1C=C(N)[C@@H]2C[C@H]1C2(C)C. The minimum absolute atomic E-state index is 0.484. The molecule has 0 amide bonds. The fraction of sp³-hybridized carbons (Fsp3) is 0.800. The number of hydrogen-bond acceptors (Lipinski definition) is 1. The molecule has 1 heteroatoms. The topological polar surface area (TPSA) is 26.0 Å². The smallest absolute Gasteiger partial charge is 0.00799 e. The van der Waals surface area contributed by atoms with Crippen molar-refractivity contribution in [3.05, 3.63) is 11.8 Å². The molecule has 0 aromatic carbocycles. The summed E-state index contributed by atoms with van der Waals surface area (Å²) in [6.45, 7) is 6.99. The van der Waals surface area contributed by atoms with Gasteiger partial charge in [-0.15, -0.1) is 0 Å². The van der Waals surface area contributed by atoms with Crippen molar-refractivity contribution in [2.24, 2.45) is 28.9 Å². The quantitative estimate of drug-likeness (QED) is 0.564. The molecule has 0 aromatic heterocycles. The fourth-order valence-corrected chi connectivity index (χ4v) is 2.95. The molecule has 62 valence electrons. The van der Waals surface area contributed by atoms with E-state index in [1.165, 1.54) is 6.42 Å². The largest absolute Gasteiger partial charge is 0.402 e. The van der Waals surface area contributed by atoms with E-state index in [0.717, 1.165) is 11.6 Å². The van der Waals surface area contributed by atoms with Crippen molar-refractivity contribution in [2.45, 2.75) is 27.2 Å². The van der Waals surface area contributed by atoms with Gasteiger partial charge >= 0.3 is 0 Å². The molecule has 3 atom stereocenters. The van der Waals surface area contributed by atoms with Gasteiger partial charge < -0.3 is 5.73 Å². The highest BCUT2D eigenvalue weighted by molar-refractivity contribution is 5.22. The van der Waals surface area contributed by atoms with E-state index in [9.17, 15) is 0 Å². The number of fused-ring (bicyclic) bond motifs is 1. The second-order valence-corrected chi connectivity index (χ2v) is 4.74. The van der Waals surface area contributed by atoms with Crippen LogP contribution in [0.15, 0.2) is 11.8 Å². The standard InChI is InChI=1S/C10H17N/c1-6-4-9(11)8-5-7(6)10(8,2)3/h4,6-8H,5,11H2,1-3H3/t6-,7+,8-/m0/s1. The van der Waals surface area contributed by atoms with Gasteiger partial charge in [0.25, 0.3) is 0 Å². The van der Waals surface area contributed by atoms with Crippen LogP contribution in [-0.4, -0.2) is 0 Å². The highest BCUT2D eigenvalue weighted by atomic mass is 14.7. The zero-order chi connectivity index (χ0) is 8.22. The second-order valence-electron chi connectivity index (χ2n) is 4.74. The Hall–Kier alpha value is -0.460. The molecule has 0 unspecified atom stereocenters. The molecule has 0 heterocycles. The van der Waals surface area contributed by atoms with Gasteiger partial charge in [0.15, 0.2) is 0 Å². The van der Waals surface area contributed by atoms with Crippen LogP contribution in [-0.2, 0) is 0 Å². The predicted molar refractivity (Wildman–Crippen MR) is 46.8 cm³/mol. The lowest BCUT2D eigenvalue weighted by molar-refractivity contribution is -0.0353. The molecule has 3 aliphatic rings. The van der Waals surface area contributed by atoms with Gasteiger partial charge in [-0.2, -0.15) is 0 Å². The maximum absolute atomic E-state index is 5.94. The zero-order valence-corrected chi connectivity index (χ0v) is 7.59. The molecule has 2 bridgehead atoms. The number of allylic oxidation sites excluding steroid dienone is 2. The van der Waals surface area contributed by atoms with E-state index in [1.807, 2.05) is 0 Å². The van der Waals surface area contributed by atoms with Crippen molar-refractivity contribution in [3.8, 4) is 0 Å². The van der Waals surface area contributed by atoms with Crippen LogP contribution in [0.4, 0.5) is 0 Å². The van der Waals surface area contributed by atoms with E-state index in [1.54, 1.807) is 0 Å². The molecule has 0 saturated heterocycles. The lowest BCUT2D eigenvalue weighted by Crippen LogP contribution is -2.52. The van der Waals surface area contributed by atoms with E-state index >= 15 is 0 Å². The van der Waals surface area contributed by atoms with Crippen LogP contribution >= 0.6 is 0 Å². The Morgan fingerprint density at radius 3 is 2.55 bits per heavy atom. The van der Waals surface area contributed by atoms with Crippen molar-refractivity contribution in [2.75, 3.05) is 0 Å². The maximum atomic E-state index is 5.94. The number of nitrogens with two attached hydrogens (primary N) is 1.